The van der Waals surface area contributed by atoms with Crippen LogP contribution in [0.2, 0.25) is 0 Å². The maximum Gasteiger partial charge on any atom is 0.334 e. The van der Waals surface area contributed by atoms with Crippen molar-refractivity contribution in [1.29, 1.82) is 5.26 Å². The van der Waals surface area contributed by atoms with Crippen molar-refractivity contribution in [3.05, 3.63) is 16.8 Å². The van der Waals surface area contributed by atoms with E-state index >= 15 is 0 Å². The molecule has 21 heavy (non-hydrogen) atoms. The van der Waals surface area contributed by atoms with Gasteiger partial charge in [-0.15, -0.1) is 5.10 Å². The molecule has 1 N–H and O–H groups in total. The van der Waals surface area contributed by atoms with Crippen LogP contribution in [0.1, 0.15) is 30.7 Å². The maximum absolute atomic E-state index is 11.1. The molecule has 0 bridgehead atoms. The molecule has 7 nitrogen and oxygen atoms in total. The molecule has 112 valence electrons. The van der Waals surface area contributed by atoms with Crippen LogP contribution in [-0.2, 0) is 22.4 Å². The molecule has 1 saturated heterocycles. The number of aliphatic carboxylic acids is 1. The fourth-order valence-electron chi connectivity index (χ4n) is 2.49. The lowest BCUT2D eigenvalue weighted by Gasteiger charge is -2.32. The topological polar surface area (TPSA) is 99.3 Å². The summed E-state index contributed by atoms with van der Waals surface area (Å²) in [6.07, 6.45) is 0.510. The van der Waals surface area contributed by atoms with Crippen LogP contribution in [0.15, 0.2) is 0 Å². The van der Waals surface area contributed by atoms with E-state index in [0.29, 0.717) is 37.4 Å². The fraction of sp³-hybridized carbons (Fsp3) is 0.571. The number of nitrogens with zero attached hydrogens (tertiary/aromatic N) is 4. The Balaban J connectivity index is 2.40. The smallest absolute Gasteiger partial charge is 0.334 e. The standard InChI is InChI=1S/C14H18N4O3/c1-3-9-10(7-15)13(17-16-11(9)4-2)18-5-6-21-12(8-18)14(19)20/h12H,3-6,8H2,1-2H3,(H,19,20). The van der Waals surface area contributed by atoms with E-state index in [4.69, 9.17) is 9.84 Å². The Morgan fingerprint density at radius 2 is 2.24 bits per heavy atom. The van der Waals surface area contributed by atoms with Crippen LogP contribution in [0, 0.1) is 11.3 Å². The molecule has 2 rings (SSSR count). The molecule has 0 amide bonds. The van der Waals surface area contributed by atoms with Crippen LogP contribution < -0.4 is 4.90 Å². The molecule has 0 aromatic carbocycles. The average Bonchev–Trinajstić information content (AvgIpc) is 2.53. The van der Waals surface area contributed by atoms with Gasteiger partial charge in [-0.3, -0.25) is 0 Å². The van der Waals surface area contributed by atoms with Crippen molar-refractivity contribution in [1.82, 2.24) is 10.2 Å². The zero-order chi connectivity index (χ0) is 15.4. The molecule has 0 saturated carbocycles. The number of carboxylic acids is 1. The van der Waals surface area contributed by atoms with Gasteiger partial charge in [-0.05, 0) is 18.4 Å². The number of aryl methyl sites for hydroxylation is 1. The van der Waals surface area contributed by atoms with Gasteiger partial charge in [-0.1, -0.05) is 13.8 Å². The second-order valence-electron chi connectivity index (χ2n) is 4.79. The van der Waals surface area contributed by atoms with Crippen molar-refractivity contribution in [2.75, 3.05) is 24.6 Å². The zero-order valence-electron chi connectivity index (χ0n) is 12.2. The monoisotopic (exact) mass is 290 g/mol. The number of ether oxygens (including phenoxy) is 1. The second-order valence-corrected chi connectivity index (χ2v) is 4.79. The highest BCUT2D eigenvalue weighted by Gasteiger charge is 2.29. The van der Waals surface area contributed by atoms with E-state index in [0.717, 1.165) is 11.3 Å². The van der Waals surface area contributed by atoms with Crippen molar-refractivity contribution in [3.63, 3.8) is 0 Å². The van der Waals surface area contributed by atoms with E-state index in [9.17, 15) is 10.1 Å². The molecule has 1 unspecified atom stereocenters. The van der Waals surface area contributed by atoms with Gasteiger partial charge in [-0.2, -0.15) is 10.4 Å². The third-order valence-electron chi connectivity index (χ3n) is 3.58. The minimum absolute atomic E-state index is 0.174. The molecule has 1 aromatic heterocycles. The third-order valence-corrected chi connectivity index (χ3v) is 3.58. The van der Waals surface area contributed by atoms with Gasteiger partial charge in [-0.25, -0.2) is 4.79 Å². The lowest BCUT2D eigenvalue weighted by atomic mass is 10.0. The number of carbonyl (C=O) groups is 1. The predicted molar refractivity (Wildman–Crippen MR) is 75.1 cm³/mol. The molecule has 1 fully saturated rings. The van der Waals surface area contributed by atoms with Gasteiger partial charge >= 0.3 is 5.97 Å². The Kier molecular flexibility index (Phi) is 4.70. The highest BCUT2D eigenvalue weighted by molar-refractivity contribution is 5.74. The number of anilines is 1. The van der Waals surface area contributed by atoms with E-state index in [1.54, 1.807) is 4.90 Å². The normalized spacial score (nSPS) is 18.3. The van der Waals surface area contributed by atoms with Gasteiger partial charge in [0.2, 0.25) is 0 Å². The zero-order valence-corrected chi connectivity index (χ0v) is 12.2. The Morgan fingerprint density at radius 1 is 1.48 bits per heavy atom. The molecule has 1 aliphatic rings. The first kappa shape index (κ1) is 15.2. The first-order valence-electron chi connectivity index (χ1n) is 7.00. The highest BCUT2D eigenvalue weighted by atomic mass is 16.5. The molecule has 0 spiro atoms. The number of hydrogen-bond acceptors (Lipinski definition) is 6. The molecule has 1 aromatic rings. The first-order chi connectivity index (χ1) is 10.1. The van der Waals surface area contributed by atoms with Gasteiger partial charge in [0.1, 0.15) is 11.6 Å². The Labute approximate surface area is 123 Å². The maximum atomic E-state index is 11.1. The molecule has 1 aliphatic heterocycles. The molecule has 1 atom stereocenters. The Morgan fingerprint density at radius 3 is 2.81 bits per heavy atom. The summed E-state index contributed by atoms with van der Waals surface area (Å²) < 4.78 is 5.19. The molecule has 2 heterocycles. The second kappa shape index (κ2) is 6.50. The van der Waals surface area contributed by atoms with Gasteiger partial charge in [0.15, 0.2) is 11.9 Å². The minimum Gasteiger partial charge on any atom is -0.479 e. The summed E-state index contributed by atoms with van der Waals surface area (Å²) in [6, 6.07) is 2.20. The Hall–Kier alpha value is -2.20. The van der Waals surface area contributed by atoms with Crippen LogP contribution in [0.4, 0.5) is 5.82 Å². The average molecular weight is 290 g/mol. The lowest BCUT2D eigenvalue weighted by molar-refractivity contribution is -0.150. The SMILES string of the molecule is CCc1nnc(N2CCOC(C(=O)O)C2)c(C#N)c1CC. The summed E-state index contributed by atoms with van der Waals surface area (Å²) >= 11 is 0. The summed E-state index contributed by atoms with van der Waals surface area (Å²) in [7, 11) is 0. The van der Waals surface area contributed by atoms with Crippen molar-refractivity contribution in [2.45, 2.75) is 32.8 Å². The predicted octanol–water partition coefficient (Wildman–Crippen LogP) is 0.763. The summed E-state index contributed by atoms with van der Waals surface area (Å²) in [6.45, 7) is 4.91. The van der Waals surface area contributed by atoms with Crippen LogP contribution in [0.5, 0.6) is 0 Å². The van der Waals surface area contributed by atoms with Crippen molar-refractivity contribution < 1.29 is 14.6 Å². The Bertz CT molecular complexity index is 582. The number of nitriles is 1. The summed E-state index contributed by atoms with van der Waals surface area (Å²) in [5, 5.41) is 26.9. The largest absolute Gasteiger partial charge is 0.479 e. The van der Waals surface area contributed by atoms with E-state index in [-0.39, 0.29) is 6.54 Å². The van der Waals surface area contributed by atoms with Gasteiger partial charge in [0.25, 0.3) is 0 Å². The van der Waals surface area contributed by atoms with Crippen molar-refractivity contribution in [3.8, 4) is 6.07 Å². The van der Waals surface area contributed by atoms with Gasteiger partial charge in [0, 0.05) is 6.54 Å². The fourth-order valence-corrected chi connectivity index (χ4v) is 2.49. The van der Waals surface area contributed by atoms with E-state index in [1.807, 2.05) is 13.8 Å². The molecular formula is C14H18N4O3. The lowest BCUT2D eigenvalue weighted by Crippen LogP contribution is -2.47. The third kappa shape index (κ3) is 2.95. The highest BCUT2D eigenvalue weighted by Crippen LogP contribution is 2.24. The number of morpholine rings is 1. The molecular weight excluding hydrogens is 272 g/mol. The molecule has 0 aliphatic carbocycles. The van der Waals surface area contributed by atoms with E-state index in [1.165, 1.54) is 0 Å². The number of hydrogen-bond donors (Lipinski definition) is 1. The molecule has 7 heteroatoms. The van der Waals surface area contributed by atoms with E-state index in [2.05, 4.69) is 16.3 Å². The van der Waals surface area contributed by atoms with Crippen LogP contribution in [0.25, 0.3) is 0 Å². The number of carboxylic acid groups (broad SMARTS) is 1. The number of rotatable bonds is 4. The molecule has 0 radical (unpaired) electrons. The van der Waals surface area contributed by atoms with Crippen LogP contribution >= 0.6 is 0 Å². The summed E-state index contributed by atoms with van der Waals surface area (Å²) in [5.74, 6) is -0.548. The van der Waals surface area contributed by atoms with E-state index < -0.39 is 12.1 Å². The van der Waals surface area contributed by atoms with Crippen LogP contribution in [-0.4, -0.2) is 47.1 Å². The van der Waals surface area contributed by atoms with Crippen LogP contribution in [0.3, 0.4) is 0 Å². The van der Waals surface area contributed by atoms with Gasteiger partial charge < -0.3 is 14.7 Å². The summed E-state index contributed by atoms with van der Waals surface area (Å²) in [5.41, 5.74) is 2.21. The van der Waals surface area contributed by atoms with Crippen molar-refractivity contribution in [2.24, 2.45) is 0 Å². The van der Waals surface area contributed by atoms with Gasteiger partial charge in [0.05, 0.1) is 18.8 Å². The quantitative estimate of drug-likeness (QED) is 0.873. The number of aromatic nitrogens is 2. The first-order valence-corrected chi connectivity index (χ1v) is 7.00. The van der Waals surface area contributed by atoms with Crippen molar-refractivity contribution >= 4 is 11.8 Å². The summed E-state index contributed by atoms with van der Waals surface area (Å²) in [4.78, 5) is 12.8. The minimum atomic E-state index is -1.01.